The highest BCUT2D eigenvalue weighted by atomic mass is 16.6. The van der Waals surface area contributed by atoms with Gasteiger partial charge >= 0.3 is 6.09 Å². The summed E-state index contributed by atoms with van der Waals surface area (Å²) in [4.78, 5) is 11.5. The Labute approximate surface area is 102 Å². The molecule has 0 aromatic heterocycles. The number of allylic oxidation sites excluding steroid dienone is 2. The number of hydrogen-bond acceptors (Lipinski definition) is 2. The minimum atomic E-state index is -0.292. The van der Waals surface area contributed by atoms with Crippen LogP contribution in [0.2, 0.25) is 0 Å². The monoisotopic (exact) mass is 233 g/mol. The highest BCUT2D eigenvalue weighted by molar-refractivity contribution is 5.76. The van der Waals surface area contributed by atoms with E-state index < -0.39 is 0 Å². The van der Waals surface area contributed by atoms with E-state index in [1.165, 1.54) is 5.57 Å². The molecular weight excluding hydrogens is 214 g/mol. The summed E-state index contributed by atoms with van der Waals surface area (Å²) in [7, 11) is 0. The van der Waals surface area contributed by atoms with Crippen molar-refractivity contribution in [3.63, 3.8) is 0 Å². The van der Waals surface area contributed by atoms with E-state index in [2.05, 4.69) is 38.2 Å². The van der Waals surface area contributed by atoms with Crippen LogP contribution in [0.3, 0.4) is 0 Å². The van der Waals surface area contributed by atoms with Crippen molar-refractivity contribution in [1.82, 2.24) is 5.32 Å². The standard InChI is InChI=1S/C14H19NO2/c1-13(2,3)9-4-5-11-10(8-9)14(6-7-14)15-12(16)17-11/h5,8-9H,4,6-7H2,1-3H3,(H,15,16). The molecule has 0 aromatic rings. The third kappa shape index (κ3) is 1.68. The Balaban J connectivity index is 1.96. The van der Waals surface area contributed by atoms with Gasteiger partial charge in [-0.1, -0.05) is 26.8 Å². The van der Waals surface area contributed by atoms with E-state index in [-0.39, 0.29) is 17.0 Å². The number of fused-ring (bicyclic) bond motifs is 2. The molecule has 1 saturated carbocycles. The van der Waals surface area contributed by atoms with Crippen LogP contribution in [0, 0.1) is 11.3 Å². The predicted molar refractivity (Wildman–Crippen MR) is 65.3 cm³/mol. The van der Waals surface area contributed by atoms with Gasteiger partial charge in [0.05, 0.1) is 5.54 Å². The van der Waals surface area contributed by atoms with Gasteiger partial charge in [-0.05, 0) is 36.7 Å². The molecule has 1 aliphatic heterocycles. The van der Waals surface area contributed by atoms with Gasteiger partial charge in [0, 0.05) is 5.57 Å². The summed E-state index contributed by atoms with van der Waals surface area (Å²) >= 11 is 0. The van der Waals surface area contributed by atoms with Gasteiger partial charge in [-0.2, -0.15) is 0 Å². The van der Waals surface area contributed by atoms with E-state index in [1.807, 2.05) is 0 Å². The predicted octanol–water partition coefficient (Wildman–Crippen LogP) is 3.14. The molecule has 0 aromatic carbocycles. The van der Waals surface area contributed by atoms with Crippen LogP contribution in [-0.2, 0) is 4.74 Å². The molecule has 3 aliphatic rings. The summed E-state index contributed by atoms with van der Waals surface area (Å²) in [6, 6.07) is 0. The number of alkyl carbamates (subject to hydrolysis) is 1. The number of ether oxygens (including phenoxy) is 1. The lowest BCUT2D eigenvalue weighted by Gasteiger charge is -2.36. The fourth-order valence-corrected chi connectivity index (χ4v) is 2.70. The second-order valence-corrected chi connectivity index (χ2v) is 6.45. The van der Waals surface area contributed by atoms with Crippen LogP contribution >= 0.6 is 0 Å². The largest absolute Gasteiger partial charge is 0.413 e. The zero-order valence-electron chi connectivity index (χ0n) is 10.7. The first kappa shape index (κ1) is 10.9. The lowest BCUT2D eigenvalue weighted by Crippen LogP contribution is -2.45. The fraction of sp³-hybridized carbons (Fsp3) is 0.643. The van der Waals surface area contributed by atoms with Crippen molar-refractivity contribution < 1.29 is 9.53 Å². The highest BCUT2D eigenvalue weighted by Gasteiger charge is 2.53. The lowest BCUT2D eigenvalue weighted by atomic mass is 9.74. The number of rotatable bonds is 0. The van der Waals surface area contributed by atoms with Gasteiger partial charge in [0.2, 0.25) is 0 Å². The molecule has 1 atom stereocenters. The molecule has 2 aliphatic carbocycles. The van der Waals surface area contributed by atoms with E-state index in [0.717, 1.165) is 25.0 Å². The molecule has 1 heterocycles. The van der Waals surface area contributed by atoms with Crippen LogP contribution in [0.1, 0.15) is 40.0 Å². The van der Waals surface area contributed by atoms with Crippen LogP contribution in [0.5, 0.6) is 0 Å². The third-order valence-corrected chi connectivity index (χ3v) is 4.11. The van der Waals surface area contributed by atoms with Crippen molar-refractivity contribution >= 4 is 6.09 Å². The topological polar surface area (TPSA) is 38.3 Å². The van der Waals surface area contributed by atoms with Crippen LogP contribution in [0.15, 0.2) is 23.5 Å². The smallest absolute Gasteiger partial charge is 0.410 e. The summed E-state index contributed by atoms with van der Waals surface area (Å²) in [5.74, 6) is 1.32. The molecule has 3 rings (SSSR count). The van der Waals surface area contributed by atoms with E-state index in [9.17, 15) is 4.79 Å². The summed E-state index contributed by atoms with van der Waals surface area (Å²) < 4.78 is 5.27. The van der Waals surface area contributed by atoms with Gasteiger partial charge in [0.25, 0.3) is 0 Å². The molecule has 92 valence electrons. The average molecular weight is 233 g/mol. The molecule has 1 amide bonds. The van der Waals surface area contributed by atoms with Gasteiger partial charge in [-0.3, -0.25) is 0 Å². The molecule has 0 radical (unpaired) electrons. The van der Waals surface area contributed by atoms with Crippen molar-refractivity contribution in [3.8, 4) is 0 Å². The minimum Gasteiger partial charge on any atom is -0.410 e. The van der Waals surface area contributed by atoms with E-state index in [0.29, 0.717) is 5.92 Å². The first-order valence-electron chi connectivity index (χ1n) is 6.34. The van der Waals surface area contributed by atoms with Crippen LogP contribution < -0.4 is 5.32 Å². The molecule has 1 spiro atoms. The van der Waals surface area contributed by atoms with Gasteiger partial charge in [-0.25, -0.2) is 4.79 Å². The Morgan fingerprint density at radius 3 is 2.71 bits per heavy atom. The Bertz CT molecular complexity index is 436. The average Bonchev–Trinajstić information content (AvgIpc) is 2.96. The molecule has 1 N–H and O–H groups in total. The number of nitrogens with one attached hydrogen (secondary N) is 1. The summed E-state index contributed by atoms with van der Waals surface area (Å²) in [5.41, 5.74) is 1.38. The molecule has 1 unspecified atom stereocenters. The lowest BCUT2D eigenvalue weighted by molar-refractivity contribution is 0.158. The normalized spacial score (nSPS) is 29.8. The highest BCUT2D eigenvalue weighted by Crippen LogP contribution is 2.51. The maximum atomic E-state index is 11.5. The van der Waals surface area contributed by atoms with Crippen molar-refractivity contribution in [3.05, 3.63) is 23.5 Å². The van der Waals surface area contributed by atoms with Crippen molar-refractivity contribution in [1.29, 1.82) is 0 Å². The summed E-state index contributed by atoms with van der Waals surface area (Å²) in [6.07, 6.45) is 7.17. The van der Waals surface area contributed by atoms with E-state index in [4.69, 9.17) is 4.74 Å². The minimum absolute atomic E-state index is 0.0922. The van der Waals surface area contributed by atoms with E-state index in [1.54, 1.807) is 0 Å². The number of hydrogen-bond donors (Lipinski definition) is 1. The summed E-state index contributed by atoms with van der Waals surface area (Å²) in [6.45, 7) is 6.78. The Kier molecular flexibility index (Phi) is 2.02. The van der Waals surface area contributed by atoms with Crippen molar-refractivity contribution in [2.24, 2.45) is 11.3 Å². The Morgan fingerprint density at radius 2 is 2.12 bits per heavy atom. The molecule has 3 heteroatoms. The van der Waals surface area contributed by atoms with Crippen LogP contribution in [0.4, 0.5) is 4.79 Å². The van der Waals surface area contributed by atoms with Crippen molar-refractivity contribution in [2.45, 2.75) is 45.6 Å². The number of carbonyl (C=O) groups is 1. The zero-order chi connectivity index (χ0) is 12.3. The first-order valence-corrected chi connectivity index (χ1v) is 6.34. The van der Waals surface area contributed by atoms with Crippen molar-refractivity contribution in [2.75, 3.05) is 0 Å². The second kappa shape index (κ2) is 3.15. The van der Waals surface area contributed by atoms with Gasteiger partial charge in [0.1, 0.15) is 5.76 Å². The Morgan fingerprint density at radius 1 is 1.41 bits per heavy atom. The van der Waals surface area contributed by atoms with Gasteiger partial charge in [0.15, 0.2) is 0 Å². The van der Waals surface area contributed by atoms with Gasteiger partial charge in [-0.15, -0.1) is 0 Å². The number of carbonyl (C=O) groups excluding carboxylic acids is 1. The second-order valence-electron chi connectivity index (χ2n) is 6.45. The quantitative estimate of drug-likeness (QED) is 0.698. The SMILES string of the molecule is CC(C)(C)C1C=C2C(=CC1)OC(=O)NC21CC1. The molecule has 17 heavy (non-hydrogen) atoms. The Hall–Kier alpha value is -1.25. The number of amides is 1. The molecule has 3 nitrogen and oxygen atoms in total. The fourth-order valence-electron chi connectivity index (χ4n) is 2.70. The third-order valence-electron chi connectivity index (χ3n) is 4.11. The maximum Gasteiger partial charge on any atom is 0.413 e. The van der Waals surface area contributed by atoms with Crippen LogP contribution in [0.25, 0.3) is 0 Å². The maximum absolute atomic E-state index is 11.5. The first-order chi connectivity index (χ1) is 7.91. The van der Waals surface area contributed by atoms with E-state index >= 15 is 0 Å². The molecule has 2 fully saturated rings. The zero-order valence-corrected chi connectivity index (χ0v) is 10.7. The molecule has 0 bridgehead atoms. The molecular formula is C14H19NO2. The van der Waals surface area contributed by atoms with Crippen LogP contribution in [-0.4, -0.2) is 11.6 Å². The molecule has 1 saturated heterocycles. The van der Waals surface area contributed by atoms with Gasteiger partial charge < -0.3 is 10.1 Å². The summed E-state index contributed by atoms with van der Waals surface area (Å²) in [5, 5.41) is 2.97.